The van der Waals surface area contributed by atoms with Gasteiger partial charge in [0.05, 0.1) is 0 Å². The van der Waals surface area contributed by atoms with Crippen molar-refractivity contribution < 1.29 is 46.4 Å². The molecule has 1 heterocycles. The molecule has 0 bridgehead atoms. The molecule has 2 unspecified atom stereocenters. The number of carboxylic acids is 1. The number of methoxy groups -OCH3 is 2. The van der Waals surface area contributed by atoms with E-state index in [9.17, 15) is 18.3 Å². The molecule has 19 heavy (non-hydrogen) atoms. The monoisotopic (exact) mass is 302 g/mol. The fourth-order valence-electron chi connectivity index (χ4n) is 1.72. The van der Waals surface area contributed by atoms with Crippen molar-refractivity contribution in [3.05, 3.63) is 0 Å². The highest BCUT2D eigenvalue weighted by atomic mass is 32.3. The number of carbonyl (C=O) groups is 1. The van der Waals surface area contributed by atoms with Gasteiger partial charge in [-0.05, 0) is 0 Å². The van der Waals surface area contributed by atoms with Crippen LogP contribution in [-0.2, 0) is 33.6 Å². The summed E-state index contributed by atoms with van der Waals surface area (Å²) in [5.41, 5.74) is 0. The van der Waals surface area contributed by atoms with Crippen molar-refractivity contribution in [2.24, 2.45) is 0 Å². The van der Waals surface area contributed by atoms with Crippen LogP contribution in [0.25, 0.3) is 0 Å². The minimum Gasteiger partial charge on any atom is -0.479 e. The van der Waals surface area contributed by atoms with Gasteiger partial charge in [0.25, 0.3) is 0 Å². The van der Waals surface area contributed by atoms with Crippen LogP contribution in [-0.4, -0.2) is 74.1 Å². The van der Waals surface area contributed by atoms with Gasteiger partial charge in [-0.25, -0.2) is 8.98 Å². The van der Waals surface area contributed by atoms with E-state index in [1.54, 1.807) is 0 Å². The maximum Gasteiger partial charge on any atom is 0.397 e. The molecule has 0 amide bonds. The van der Waals surface area contributed by atoms with E-state index in [4.69, 9.17) is 23.9 Å². The fraction of sp³-hybridized carbons (Fsp3) is 0.875. The van der Waals surface area contributed by atoms with Gasteiger partial charge in [-0.15, -0.1) is 0 Å². The molecule has 1 aliphatic heterocycles. The summed E-state index contributed by atoms with van der Waals surface area (Å²) in [4.78, 5) is 10.9. The lowest BCUT2D eigenvalue weighted by atomic mass is 9.99. The van der Waals surface area contributed by atoms with Crippen molar-refractivity contribution in [2.45, 2.75) is 30.7 Å². The van der Waals surface area contributed by atoms with Crippen LogP contribution in [0.15, 0.2) is 0 Å². The van der Waals surface area contributed by atoms with Gasteiger partial charge >= 0.3 is 16.4 Å². The highest BCUT2D eigenvalue weighted by molar-refractivity contribution is 7.80. The second-order valence-corrected chi connectivity index (χ2v) is 4.73. The largest absolute Gasteiger partial charge is 0.479 e. The molecule has 0 spiro atoms. The molecule has 112 valence electrons. The van der Waals surface area contributed by atoms with Crippen molar-refractivity contribution in [3.63, 3.8) is 0 Å². The summed E-state index contributed by atoms with van der Waals surface area (Å²) in [7, 11) is -2.70. The summed E-state index contributed by atoms with van der Waals surface area (Å²) in [5, 5.41) is 18.8. The van der Waals surface area contributed by atoms with Gasteiger partial charge < -0.3 is 24.4 Å². The highest BCUT2D eigenvalue weighted by Crippen LogP contribution is 2.26. The number of hydrogen-bond acceptors (Lipinski definition) is 8. The molecule has 0 aromatic heterocycles. The molecule has 5 atom stereocenters. The van der Waals surface area contributed by atoms with Crippen LogP contribution >= 0.6 is 0 Å². The van der Waals surface area contributed by atoms with Crippen molar-refractivity contribution >= 4 is 16.4 Å². The van der Waals surface area contributed by atoms with E-state index in [1.807, 2.05) is 0 Å². The molecule has 0 aliphatic carbocycles. The second kappa shape index (κ2) is 6.09. The predicted molar refractivity (Wildman–Crippen MR) is 56.5 cm³/mol. The van der Waals surface area contributed by atoms with Crippen molar-refractivity contribution in [1.82, 2.24) is 0 Å². The number of aliphatic hydroxyl groups is 1. The van der Waals surface area contributed by atoms with Crippen LogP contribution in [0, 0.1) is 0 Å². The SMILES string of the molecule is CO[C@@H]1OC(C(=O)O)[C@H](OC)[C@H](O)C1OS(=O)(=O)O. The molecule has 0 radical (unpaired) electrons. The lowest BCUT2D eigenvalue weighted by Crippen LogP contribution is -2.61. The normalized spacial score (nSPS) is 36.1. The van der Waals surface area contributed by atoms with E-state index < -0.39 is 47.1 Å². The zero-order valence-electron chi connectivity index (χ0n) is 9.99. The maximum absolute atomic E-state index is 10.9. The lowest BCUT2D eigenvalue weighted by Gasteiger charge is -2.40. The van der Waals surface area contributed by atoms with Gasteiger partial charge in [0.2, 0.25) is 0 Å². The first-order chi connectivity index (χ1) is 8.71. The van der Waals surface area contributed by atoms with E-state index >= 15 is 0 Å². The van der Waals surface area contributed by atoms with Crippen molar-refractivity contribution in [1.29, 1.82) is 0 Å². The van der Waals surface area contributed by atoms with Gasteiger partial charge in [-0.2, -0.15) is 8.42 Å². The average Bonchev–Trinajstić information content (AvgIpc) is 2.29. The highest BCUT2D eigenvalue weighted by Gasteiger charge is 2.51. The number of rotatable bonds is 5. The Balaban J connectivity index is 3.02. The third-order valence-corrected chi connectivity index (χ3v) is 2.97. The first-order valence-corrected chi connectivity index (χ1v) is 6.35. The Morgan fingerprint density at radius 1 is 1.21 bits per heavy atom. The molecule has 0 saturated carbocycles. The third kappa shape index (κ3) is 3.82. The molecule has 10 nitrogen and oxygen atoms in total. The molecule has 11 heteroatoms. The Hall–Kier alpha value is -0.820. The predicted octanol–water partition coefficient (Wildman–Crippen LogP) is -1.99. The number of aliphatic hydroxyl groups excluding tert-OH is 1. The van der Waals surface area contributed by atoms with Crippen LogP contribution in [0.2, 0.25) is 0 Å². The van der Waals surface area contributed by atoms with Gasteiger partial charge in [-0.3, -0.25) is 4.55 Å². The Labute approximate surface area is 108 Å². The molecular formula is C8H14O10S. The Kier molecular flexibility index (Phi) is 5.20. The van der Waals surface area contributed by atoms with Crippen molar-refractivity contribution in [2.75, 3.05) is 14.2 Å². The van der Waals surface area contributed by atoms with E-state index in [0.717, 1.165) is 14.2 Å². The van der Waals surface area contributed by atoms with E-state index in [-0.39, 0.29) is 0 Å². The topological polar surface area (TPSA) is 149 Å². The fourth-order valence-corrected chi connectivity index (χ4v) is 2.21. The lowest BCUT2D eigenvalue weighted by molar-refractivity contribution is -0.285. The second-order valence-electron chi connectivity index (χ2n) is 3.68. The molecule has 1 rings (SSSR count). The summed E-state index contributed by atoms with van der Waals surface area (Å²) >= 11 is 0. The quantitative estimate of drug-likeness (QED) is 0.487. The minimum atomic E-state index is -4.89. The van der Waals surface area contributed by atoms with Crippen LogP contribution in [0.3, 0.4) is 0 Å². The molecule has 0 aromatic carbocycles. The molecule has 1 aliphatic rings. The van der Waals surface area contributed by atoms with Gasteiger partial charge in [0.15, 0.2) is 18.5 Å². The average molecular weight is 302 g/mol. The minimum absolute atomic E-state index is 1.09. The van der Waals surface area contributed by atoms with Gasteiger partial charge in [0, 0.05) is 14.2 Å². The summed E-state index contributed by atoms with van der Waals surface area (Å²) in [6.45, 7) is 0. The first-order valence-electron chi connectivity index (χ1n) is 4.99. The van der Waals surface area contributed by atoms with Crippen LogP contribution in [0.5, 0.6) is 0 Å². The summed E-state index contributed by atoms with van der Waals surface area (Å²) in [6, 6.07) is 0. The molecule has 3 N–H and O–H groups in total. The smallest absolute Gasteiger partial charge is 0.397 e. The Bertz CT molecular complexity index is 419. The van der Waals surface area contributed by atoms with Crippen LogP contribution in [0.1, 0.15) is 0 Å². The van der Waals surface area contributed by atoms with Crippen LogP contribution < -0.4 is 0 Å². The molecule has 1 saturated heterocycles. The van der Waals surface area contributed by atoms with Gasteiger partial charge in [-0.1, -0.05) is 0 Å². The number of carboxylic acid groups (broad SMARTS) is 1. The van der Waals surface area contributed by atoms with Crippen LogP contribution in [0.4, 0.5) is 0 Å². The van der Waals surface area contributed by atoms with Crippen molar-refractivity contribution in [3.8, 4) is 0 Å². The molecule has 0 aromatic rings. The Morgan fingerprint density at radius 2 is 1.79 bits per heavy atom. The standard InChI is InChI=1S/C8H14O10S/c1-15-4-3(9)5(18-19(12,13)14)8(16-2)17-6(4)7(10)11/h3-6,8-9H,1-2H3,(H,10,11)(H,12,13,14)/t3-,4+,5?,6?,8+/m0/s1. The molecule has 1 fully saturated rings. The van der Waals surface area contributed by atoms with Gasteiger partial charge in [0.1, 0.15) is 12.2 Å². The number of hydrogen-bond donors (Lipinski definition) is 3. The maximum atomic E-state index is 10.9. The summed E-state index contributed by atoms with van der Waals surface area (Å²) < 4.78 is 48.5. The Morgan fingerprint density at radius 3 is 2.16 bits per heavy atom. The number of aliphatic carboxylic acids is 1. The third-order valence-electron chi connectivity index (χ3n) is 2.50. The summed E-state index contributed by atoms with van der Waals surface area (Å²) in [6.07, 6.45) is -7.85. The molecular weight excluding hydrogens is 288 g/mol. The zero-order valence-corrected chi connectivity index (χ0v) is 10.8. The van der Waals surface area contributed by atoms with E-state index in [1.165, 1.54) is 0 Å². The number of ether oxygens (including phenoxy) is 3. The summed E-state index contributed by atoms with van der Waals surface area (Å²) in [5.74, 6) is -1.43. The zero-order chi connectivity index (χ0) is 14.8. The van der Waals surface area contributed by atoms with E-state index in [2.05, 4.69) is 4.18 Å². The van der Waals surface area contributed by atoms with E-state index in [0.29, 0.717) is 0 Å². The first kappa shape index (κ1) is 16.2.